The number of nitrogens with zero attached hydrogens (tertiary/aromatic N) is 5. The van der Waals surface area contributed by atoms with Gasteiger partial charge in [-0.25, -0.2) is 4.98 Å². The highest BCUT2D eigenvalue weighted by Gasteiger charge is 2.23. The van der Waals surface area contributed by atoms with Gasteiger partial charge in [0, 0.05) is 32.4 Å². The van der Waals surface area contributed by atoms with Gasteiger partial charge in [0.1, 0.15) is 5.52 Å². The van der Waals surface area contributed by atoms with Gasteiger partial charge in [0.05, 0.1) is 23.9 Å². The zero-order valence-corrected chi connectivity index (χ0v) is 16.3. The summed E-state index contributed by atoms with van der Waals surface area (Å²) in [5.41, 5.74) is 4.80. The number of nitriles is 1. The van der Waals surface area contributed by atoms with Crippen LogP contribution < -0.4 is 15.8 Å². The molecule has 1 aromatic carbocycles. The molecule has 0 radical (unpaired) electrons. The van der Waals surface area contributed by atoms with Crippen LogP contribution in [-0.2, 0) is 13.6 Å². The van der Waals surface area contributed by atoms with Gasteiger partial charge in [-0.05, 0) is 37.6 Å². The summed E-state index contributed by atoms with van der Waals surface area (Å²) in [5.74, 6) is 0. The van der Waals surface area contributed by atoms with E-state index in [0.717, 1.165) is 41.9 Å². The Morgan fingerprint density at radius 3 is 2.93 bits per heavy atom. The molecule has 1 aliphatic heterocycles. The average molecular weight is 375 g/mol. The molecule has 7 nitrogen and oxygen atoms in total. The first-order chi connectivity index (χ1) is 13.6. The quantitative estimate of drug-likeness (QED) is 0.730. The lowest BCUT2D eigenvalue weighted by atomic mass is 10.1. The lowest BCUT2D eigenvalue weighted by molar-refractivity contribution is 0.450. The largest absolute Gasteiger partial charge is 0.368 e. The summed E-state index contributed by atoms with van der Waals surface area (Å²) in [6, 6.07) is 12.4. The summed E-state index contributed by atoms with van der Waals surface area (Å²) < 4.78 is 3.78. The first-order valence-electron chi connectivity index (χ1n) is 9.63. The van der Waals surface area contributed by atoms with Crippen LogP contribution in [0.1, 0.15) is 24.0 Å². The molecule has 3 heterocycles. The van der Waals surface area contributed by atoms with Gasteiger partial charge in [-0.3, -0.25) is 9.98 Å². The zero-order chi connectivity index (χ0) is 19.7. The van der Waals surface area contributed by atoms with E-state index in [1.54, 1.807) is 0 Å². The Kier molecular flexibility index (Phi) is 4.88. The van der Waals surface area contributed by atoms with Crippen molar-refractivity contribution in [1.29, 1.82) is 10.7 Å². The number of rotatable bonds is 4. The van der Waals surface area contributed by atoms with Crippen LogP contribution in [0.15, 0.2) is 36.5 Å². The number of benzene rings is 1. The Labute approximate surface area is 164 Å². The predicted molar refractivity (Wildman–Crippen MR) is 109 cm³/mol. The highest BCUT2D eigenvalue weighted by Crippen LogP contribution is 2.28. The summed E-state index contributed by atoms with van der Waals surface area (Å²) in [6.07, 6.45) is 4.13. The second-order valence-corrected chi connectivity index (χ2v) is 7.31. The third-order valence-corrected chi connectivity index (χ3v) is 5.68. The van der Waals surface area contributed by atoms with Gasteiger partial charge in [0.2, 0.25) is 5.62 Å². The fraction of sp³-hybridized carbons (Fsp3) is 0.381. The van der Waals surface area contributed by atoms with Gasteiger partial charge in [-0.2, -0.15) is 5.26 Å². The number of imidazole rings is 1. The lowest BCUT2D eigenvalue weighted by Gasteiger charge is -2.34. The second-order valence-electron chi connectivity index (χ2n) is 7.31. The molecule has 2 N–H and O–H groups in total. The average Bonchev–Trinajstić information content (AvgIpc) is 2.99. The standard InChI is InChI=1S/C21H25N7/c1-24-17-8-5-11-27(14-17)18-9-10-25-20-19(18)28(21(23)26(20)2)13-16-7-4-3-6-15(16)12-22/h3-4,6-7,9-10,17,23-24H,5,8,11,13-14H2,1-2H3/t17-/m1/s1. The molecular formula is C21H25N7. The Morgan fingerprint density at radius 1 is 1.32 bits per heavy atom. The molecule has 2 aromatic heterocycles. The number of fused-ring (bicyclic) bond motifs is 1. The number of aryl methyl sites for hydroxylation is 1. The summed E-state index contributed by atoms with van der Waals surface area (Å²) in [6.45, 7) is 2.41. The first-order valence-corrected chi connectivity index (χ1v) is 9.63. The van der Waals surface area contributed by atoms with E-state index in [-0.39, 0.29) is 0 Å². The molecule has 0 amide bonds. The molecule has 4 rings (SSSR count). The summed E-state index contributed by atoms with van der Waals surface area (Å²) in [5, 5.41) is 21.5. The van der Waals surface area contributed by atoms with Gasteiger partial charge in [-0.1, -0.05) is 18.2 Å². The summed E-state index contributed by atoms with van der Waals surface area (Å²) >= 11 is 0. The number of pyridine rings is 1. The number of aromatic nitrogens is 3. The van der Waals surface area contributed by atoms with Gasteiger partial charge in [0.25, 0.3) is 0 Å². The lowest BCUT2D eigenvalue weighted by Crippen LogP contribution is -2.44. The van der Waals surface area contributed by atoms with Crippen LogP contribution in [0.5, 0.6) is 0 Å². The summed E-state index contributed by atoms with van der Waals surface area (Å²) in [4.78, 5) is 6.95. The Hall–Kier alpha value is -3.11. The number of nitrogens with one attached hydrogen (secondary N) is 2. The van der Waals surface area contributed by atoms with Crippen molar-refractivity contribution in [1.82, 2.24) is 19.4 Å². The Balaban J connectivity index is 1.86. The van der Waals surface area contributed by atoms with Crippen molar-refractivity contribution in [3.8, 4) is 6.07 Å². The maximum atomic E-state index is 9.46. The van der Waals surface area contributed by atoms with Crippen molar-refractivity contribution >= 4 is 16.9 Å². The Bertz CT molecular complexity index is 1100. The van der Waals surface area contributed by atoms with Crippen LogP contribution in [-0.4, -0.2) is 40.3 Å². The maximum Gasteiger partial charge on any atom is 0.204 e. The fourth-order valence-electron chi connectivity index (χ4n) is 4.10. The van der Waals surface area contributed by atoms with Crippen LogP contribution in [0, 0.1) is 16.7 Å². The van der Waals surface area contributed by atoms with E-state index in [1.807, 2.05) is 59.8 Å². The minimum absolute atomic E-state index is 0.380. The minimum atomic E-state index is 0.380. The van der Waals surface area contributed by atoms with Gasteiger partial charge in [-0.15, -0.1) is 0 Å². The second kappa shape index (κ2) is 7.49. The molecule has 0 aliphatic carbocycles. The fourth-order valence-corrected chi connectivity index (χ4v) is 4.10. The highest BCUT2D eigenvalue weighted by molar-refractivity contribution is 5.87. The number of hydrogen-bond donors (Lipinski definition) is 2. The van der Waals surface area contributed by atoms with Crippen LogP contribution in [0.2, 0.25) is 0 Å². The van der Waals surface area contributed by atoms with Gasteiger partial charge in [0.15, 0.2) is 5.65 Å². The topological polar surface area (TPSA) is 85.7 Å². The molecule has 1 atom stereocenters. The van der Waals surface area contributed by atoms with Crippen molar-refractivity contribution in [3.63, 3.8) is 0 Å². The molecule has 0 bridgehead atoms. The molecule has 28 heavy (non-hydrogen) atoms. The van der Waals surface area contributed by atoms with E-state index in [1.165, 1.54) is 6.42 Å². The maximum absolute atomic E-state index is 9.46. The smallest absolute Gasteiger partial charge is 0.204 e. The van der Waals surface area contributed by atoms with Crippen LogP contribution in [0.25, 0.3) is 11.2 Å². The van der Waals surface area contributed by atoms with Crippen LogP contribution >= 0.6 is 0 Å². The highest BCUT2D eigenvalue weighted by atomic mass is 15.2. The molecule has 1 aliphatic rings. The molecule has 1 saturated heterocycles. The summed E-state index contributed by atoms with van der Waals surface area (Å²) in [7, 11) is 3.89. The van der Waals surface area contributed by atoms with Crippen molar-refractivity contribution in [3.05, 3.63) is 53.3 Å². The molecule has 7 heteroatoms. The number of anilines is 1. The van der Waals surface area contributed by atoms with E-state index < -0.39 is 0 Å². The van der Waals surface area contributed by atoms with E-state index in [0.29, 0.717) is 23.8 Å². The molecule has 0 unspecified atom stereocenters. The van der Waals surface area contributed by atoms with Gasteiger partial charge >= 0.3 is 0 Å². The number of likely N-dealkylation sites (N-methyl/N-ethyl adjacent to an activating group) is 1. The first kappa shape index (κ1) is 18.3. The minimum Gasteiger partial charge on any atom is -0.368 e. The Morgan fingerprint density at radius 2 is 2.14 bits per heavy atom. The van der Waals surface area contributed by atoms with Crippen molar-refractivity contribution < 1.29 is 0 Å². The molecule has 0 saturated carbocycles. The van der Waals surface area contributed by atoms with E-state index in [9.17, 15) is 5.26 Å². The normalized spacial score (nSPS) is 17.0. The van der Waals surface area contributed by atoms with E-state index >= 15 is 0 Å². The van der Waals surface area contributed by atoms with Crippen molar-refractivity contribution in [2.75, 3.05) is 25.0 Å². The van der Waals surface area contributed by atoms with Crippen LogP contribution in [0.3, 0.4) is 0 Å². The van der Waals surface area contributed by atoms with E-state index in [4.69, 9.17) is 5.41 Å². The van der Waals surface area contributed by atoms with Gasteiger partial charge < -0.3 is 14.8 Å². The zero-order valence-electron chi connectivity index (χ0n) is 16.3. The molecular weight excluding hydrogens is 350 g/mol. The monoisotopic (exact) mass is 375 g/mol. The number of piperidine rings is 1. The molecule has 3 aromatic rings. The molecule has 1 fully saturated rings. The predicted octanol–water partition coefficient (Wildman–Crippen LogP) is 1.96. The third kappa shape index (κ3) is 3.06. The molecule has 0 spiro atoms. The molecule has 144 valence electrons. The van der Waals surface area contributed by atoms with E-state index in [2.05, 4.69) is 21.3 Å². The number of hydrogen-bond acceptors (Lipinski definition) is 5. The third-order valence-electron chi connectivity index (χ3n) is 5.68. The van der Waals surface area contributed by atoms with Crippen molar-refractivity contribution in [2.45, 2.75) is 25.4 Å². The van der Waals surface area contributed by atoms with Crippen LogP contribution in [0.4, 0.5) is 5.69 Å². The van der Waals surface area contributed by atoms with Crippen molar-refractivity contribution in [2.24, 2.45) is 7.05 Å². The SMILES string of the molecule is CN[C@@H]1CCCN(c2ccnc3c2n(Cc2ccccc2C#N)c(=N)n3C)C1.